The minimum atomic E-state index is -1.17. The van der Waals surface area contributed by atoms with Gasteiger partial charge in [0.05, 0.1) is 23.8 Å². The number of aliphatic carboxylic acids is 3. The first-order chi connectivity index (χ1) is 33.0. The maximum atomic E-state index is 12.7. The van der Waals surface area contributed by atoms with Crippen LogP contribution < -0.4 is 37.1 Å². The largest absolute Gasteiger partial charge is 0.481 e. The second kappa shape index (κ2) is 49.0. The fourth-order valence-electron chi connectivity index (χ4n) is 6.98. The first-order valence-corrected chi connectivity index (χ1v) is 25.9. The van der Waals surface area contributed by atoms with E-state index in [0.717, 1.165) is 44.9 Å². The summed E-state index contributed by atoms with van der Waals surface area (Å²) in [6, 6.07) is -2.71. The van der Waals surface area contributed by atoms with Crippen LogP contribution in [0.3, 0.4) is 0 Å². The van der Waals surface area contributed by atoms with Crippen LogP contribution in [0.5, 0.6) is 0 Å². The zero-order valence-electron chi connectivity index (χ0n) is 43.4. The maximum Gasteiger partial charge on any atom is 0.326 e. The second-order valence-electron chi connectivity index (χ2n) is 17.6. The Morgan fingerprint density at radius 3 is 1.12 bits per heavy atom. The average molecular weight is 978 g/mol. The molecule has 0 aromatic rings. The van der Waals surface area contributed by atoms with Crippen LogP contribution in [0.15, 0.2) is 0 Å². The number of hydrogen-bond acceptors (Lipinski definition) is 11. The van der Waals surface area contributed by atoms with E-state index >= 15 is 0 Å². The second-order valence-corrected chi connectivity index (χ2v) is 17.6. The Balaban J connectivity index is -0.00000501. The summed E-state index contributed by atoms with van der Waals surface area (Å²) < 4.78 is 0. The molecule has 0 aromatic heterocycles. The third-order valence-electron chi connectivity index (χ3n) is 11.4. The number of carboxylic acid groups (broad SMARTS) is 3. The number of carbonyl (C=O) groups is 8. The number of amides is 4. The van der Waals surface area contributed by atoms with Gasteiger partial charge in [-0.15, -0.1) is 0 Å². The van der Waals surface area contributed by atoms with E-state index in [-0.39, 0.29) is 67.0 Å². The molecular weight excluding hydrogens is 884 g/mol. The predicted molar refractivity (Wildman–Crippen MR) is 274 cm³/mol. The molecule has 0 saturated heterocycles. The van der Waals surface area contributed by atoms with Crippen molar-refractivity contribution >= 4 is 63.0 Å². The molecule has 69 heavy (non-hydrogen) atoms. The van der Waals surface area contributed by atoms with Gasteiger partial charge in [-0.1, -0.05) is 105 Å². The van der Waals surface area contributed by atoms with Gasteiger partial charge in [-0.3, -0.25) is 28.8 Å². The third kappa shape index (κ3) is 44.9. The normalized spacial score (nSPS) is 12.4. The highest BCUT2D eigenvalue weighted by Gasteiger charge is 2.21. The Labute approximate surface area is 417 Å². The standard InChI is InChI=1S/C43H80BN7O10.C4H7BO.C2H6/c1-45-33(40(56)48-31-21-18-24-34(46-2)41(57)49-32-22-19-25-36(51-44)43(60)61)23-17-20-30-47-37(52)29-28-35(42(58)59)50-38(53)26-15-13-11-9-7-5-3-4-6-8-10-12-14-16-27-39(54)55;1-3(2)4(5)6;1-2/h33-36,45-46,51H,3-32H2,1-2H3,(H,47,52)(H,48,56)(H,49,57)(H,50,53)(H,54,55)(H,58,59)(H,60,61);3H,1-2H3;1-2H3/t33-,34?,35?,36?;;/m0../s1. The van der Waals surface area contributed by atoms with E-state index in [2.05, 4.69) is 37.1 Å². The fraction of sp³-hybridized carbons (Fsp3) is 0.837. The highest BCUT2D eigenvalue weighted by atomic mass is 16.4. The molecule has 0 aliphatic rings. The van der Waals surface area contributed by atoms with Crippen molar-refractivity contribution in [1.82, 2.24) is 37.1 Å². The van der Waals surface area contributed by atoms with E-state index in [1.54, 1.807) is 27.9 Å². The summed E-state index contributed by atoms with van der Waals surface area (Å²) in [5.74, 6) is -3.77. The van der Waals surface area contributed by atoms with Gasteiger partial charge in [0.15, 0.2) is 15.8 Å². The third-order valence-corrected chi connectivity index (χ3v) is 11.4. The molecule has 0 rings (SSSR count). The minimum absolute atomic E-state index is 0.00335. The first-order valence-electron chi connectivity index (χ1n) is 25.9. The Morgan fingerprint density at radius 2 is 0.783 bits per heavy atom. The zero-order valence-corrected chi connectivity index (χ0v) is 43.4. The van der Waals surface area contributed by atoms with Crippen molar-refractivity contribution in [2.24, 2.45) is 5.92 Å². The Morgan fingerprint density at radius 1 is 0.435 bits per heavy atom. The molecule has 4 amide bonds. The summed E-state index contributed by atoms with van der Waals surface area (Å²) in [5, 5.41) is 46.7. The van der Waals surface area contributed by atoms with Crippen LogP contribution in [0.4, 0.5) is 0 Å². The number of hydrogen-bond donors (Lipinski definition) is 10. The molecule has 4 radical (unpaired) electrons. The van der Waals surface area contributed by atoms with Crippen molar-refractivity contribution in [2.75, 3.05) is 33.7 Å². The summed E-state index contributed by atoms with van der Waals surface area (Å²) in [5.41, 5.74) is -0.241. The van der Waals surface area contributed by atoms with Crippen molar-refractivity contribution < 1.29 is 53.7 Å². The number of likely N-dealkylation sites (N-methyl/N-ethyl adjacent to an activating group) is 2. The molecule has 0 aromatic carbocycles. The number of rotatable bonds is 44. The van der Waals surface area contributed by atoms with Crippen molar-refractivity contribution in [3.05, 3.63) is 0 Å². The van der Waals surface area contributed by atoms with Gasteiger partial charge in [0.2, 0.25) is 23.6 Å². The Kier molecular flexibility index (Phi) is 49.1. The highest BCUT2D eigenvalue weighted by molar-refractivity contribution is 6.58. The van der Waals surface area contributed by atoms with Crippen molar-refractivity contribution in [2.45, 2.75) is 225 Å². The summed E-state index contributed by atoms with van der Waals surface area (Å²) in [4.78, 5) is 93.2. The molecule has 4 atom stereocenters. The van der Waals surface area contributed by atoms with Crippen LogP contribution in [-0.4, -0.2) is 136 Å². The van der Waals surface area contributed by atoms with Crippen LogP contribution >= 0.6 is 0 Å². The summed E-state index contributed by atoms with van der Waals surface area (Å²) in [6.45, 7) is 8.82. The van der Waals surface area contributed by atoms with E-state index in [4.69, 9.17) is 26.0 Å². The summed E-state index contributed by atoms with van der Waals surface area (Å²) in [6.07, 6.45) is 21.1. The van der Waals surface area contributed by atoms with Crippen LogP contribution in [0, 0.1) is 5.92 Å². The van der Waals surface area contributed by atoms with Gasteiger partial charge in [0.25, 0.3) is 0 Å². The molecule has 18 nitrogen and oxygen atoms in total. The Hall–Kier alpha value is -4.03. The lowest BCUT2D eigenvalue weighted by Gasteiger charge is -2.18. The van der Waals surface area contributed by atoms with Crippen molar-refractivity contribution in [3.8, 4) is 0 Å². The fourth-order valence-corrected chi connectivity index (χ4v) is 6.98. The molecule has 0 saturated carbocycles. The minimum Gasteiger partial charge on any atom is -0.481 e. The van der Waals surface area contributed by atoms with Gasteiger partial charge in [-0.05, 0) is 91.1 Å². The lowest BCUT2D eigenvalue weighted by atomic mass is 9.92. The van der Waals surface area contributed by atoms with Gasteiger partial charge in [-0.2, -0.15) is 0 Å². The Bertz CT molecular complexity index is 1380. The molecule has 0 heterocycles. The SMILES string of the molecule is CC.[B]C(=O)C(C)C.[B]NC(CCCCNC(=O)C(CCCCNC(=O)[C@H](CCCCNC(=O)CCC(NC(=O)CCCCCCCCCCCCCCCCC(=O)O)C(=O)O)NC)NC)C(=O)O. The molecule has 0 aliphatic heterocycles. The van der Waals surface area contributed by atoms with Gasteiger partial charge in [-0.25, -0.2) is 4.79 Å². The van der Waals surface area contributed by atoms with Crippen LogP contribution in [-0.2, 0) is 38.4 Å². The van der Waals surface area contributed by atoms with E-state index in [9.17, 15) is 43.5 Å². The zero-order chi connectivity index (χ0) is 52.7. The van der Waals surface area contributed by atoms with Crippen molar-refractivity contribution in [3.63, 3.8) is 0 Å². The number of nitrogens with one attached hydrogen (secondary N) is 7. The topological polar surface area (TPSA) is 281 Å². The lowest BCUT2D eigenvalue weighted by molar-refractivity contribution is -0.142. The molecule has 20 heteroatoms. The lowest BCUT2D eigenvalue weighted by Crippen LogP contribution is -2.44. The van der Waals surface area contributed by atoms with Gasteiger partial charge in [0.1, 0.15) is 6.04 Å². The van der Waals surface area contributed by atoms with Gasteiger partial charge in [0, 0.05) is 44.8 Å². The van der Waals surface area contributed by atoms with Crippen LogP contribution in [0.2, 0.25) is 0 Å². The maximum absolute atomic E-state index is 12.7. The molecule has 0 bridgehead atoms. The number of carbonyl (C=O) groups excluding carboxylic acids is 5. The predicted octanol–water partition coefficient (Wildman–Crippen LogP) is 5.19. The number of unbranched alkanes of at least 4 members (excludes halogenated alkanes) is 16. The monoisotopic (exact) mass is 978 g/mol. The molecule has 10 N–H and O–H groups in total. The molecule has 396 valence electrons. The quantitative estimate of drug-likeness (QED) is 0.0278. The van der Waals surface area contributed by atoms with E-state index < -0.39 is 36.0 Å². The van der Waals surface area contributed by atoms with E-state index in [1.165, 1.54) is 44.9 Å². The van der Waals surface area contributed by atoms with Crippen LogP contribution in [0.1, 0.15) is 201 Å². The molecule has 0 aliphatic carbocycles. The van der Waals surface area contributed by atoms with E-state index in [0.29, 0.717) is 77.4 Å². The van der Waals surface area contributed by atoms with Crippen LogP contribution in [0.25, 0.3) is 0 Å². The summed E-state index contributed by atoms with van der Waals surface area (Å²) >= 11 is 0. The molecule has 3 unspecified atom stereocenters. The van der Waals surface area contributed by atoms with Gasteiger partial charge < -0.3 is 57.2 Å². The van der Waals surface area contributed by atoms with Crippen molar-refractivity contribution in [1.29, 1.82) is 0 Å². The highest BCUT2D eigenvalue weighted by Crippen LogP contribution is 2.14. The average Bonchev–Trinajstić information content (AvgIpc) is 3.31. The number of carboxylic acids is 3. The smallest absolute Gasteiger partial charge is 0.326 e. The van der Waals surface area contributed by atoms with Gasteiger partial charge >= 0.3 is 17.9 Å². The van der Waals surface area contributed by atoms with E-state index in [1.807, 2.05) is 13.8 Å². The first kappa shape index (κ1) is 69.2. The molecular formula is C49H93B2N7O11. The summed E-state index contributed by atoms with van der Waals surface area (Å²) in [7, 11) is 13.5. The molecule has 0 fully saturated rings. The molecule has 0 spiro atoms.